The molecule has 1 saturated heterocycles. The number of urea groups is 1. The largest absolute Gasteiger partial charge is 0.352 e. The molecular formula is C24H28Cl2FN5O5S. The molecule has 3 rings (SSSR count). The number of piperazine rings is 1. The van der Waals surface area contributed by atoms with E-state index in [1.54, 1.807) is 6.07 Å². The number of hydroxylamine groups is 1. The third kappa shape index (κ3) is 6.20. The number of anilines is 2. The molecule has 0 aliphatic carbocycles. The lowest BCUT2D eigenvalue weighted by Crippen LogP contribution is -2.66. The van der Waals surface area contributed by atoms with Crippen LogP contribution >= 0.6 is 34.5 Å². The van der Waals surface area contributed by atoms with Crippen LogP contribution in [0.1, 0.15) is 49.4 Å². The van der Waals surface area contributed by atoms with E-state index in [1.165, 1.54) is 36.3 Å². The molecule has 2 aromatic rings. The maximum absolute atomic E-state index is 13.9. The van der Waals surface area contributed by atoms with Crippen LogP contribution in [0.25, 0.3) is 0 Å². The van der Waals surface area contributed by atoms with Crippen LogP contribution in [-0.4, -0.2) is 54.4 Å². The van der Waals surface area contributed by atoms with Crippen LogP contribution in [0.15, 0.2) is 18.2 Å². The molecule has 2 heterocycles. The molecule has 0 radical (unpaired) electrons. The molecule has 1 aliphatic heterocycles. The van der Waals surface area contributed by atoms with Gasteiger partial charge in [0.05, 0.1) is 34.8 Å². The maximum Gasteiger partial charge on any atom is 0.324 e. The zero-order chi connectivity index (χ0) is 28.4. The van der Waals surface area contributed by atoms with Crippen molar-refractivity contribution in [3.8, 4) is 0 Å². The number of nitrogens with one attached hydrogen (secondary N) is 4. The molecule has 1 aliphatic rings. The average Bonchev–Trinajstić information content (AvgIpc) is 3.25. The minimum absolute atomic E-state index is 0.0699. The fourth-order valence-electron chi connectivity index (χ4n) is 3.84. The molecule has 206 valence electrons. The van der Waals surface area contributed by atoms with Crippen molar-refractivity contribution in [3.05, 3.63) is 44.5 Å². The van der Waals surface area contributed by atoms with Crippen molar-refractivity contribution >= 4 is 69.0 Å². The van der Waals surface area contributed by atoms with E-state index < -0.39 is 35.1 Å². The lowest BCUT2D eigenvalue weighted by Gasteiger charge is -2.43. The minimum Gasteiger partial charge on any atom is -0.352 e. The summed E-state index contributed by atoms with van der Waals surface area (Å²) in [7, 11) is 1.26. The summed E-state index contributed by atoms with van der Waals surface area (Å²) in [6.45, 7) is 7.67. The van der Waals surface area contributed by atoms with Crippen LogP contribution in [0, 0.1) is 5.82 Å². The van der Waals surface area contributed by atoms with Crippen molar-refractivity contribution in [2.45, 2.75) is 45.1 Å². The van der Waals surface area contributed by atoms with Crippen LogP contribution in [0.5, 0.6) is 0 Å². The lowest BCUT2D eigenvalue weighted by atomic mass is 9.90. The van der Waals surface area contributed by atoms with E-state index in [0.717, 1.165) is 10.9 Å². The molecular weight excluding hydrogens is 560 g/mol. The van der Waals surface area contributed by atoms with Gasteiger partial charge in [0.1, 0.15) is 16.4 Å². The van der Waals surface area contributed by atoms with Crippen molar-refractivity contribution in [2.24, 2.45) is 0 Å². The highest BCUT2D eigenvalue weighted by atomic mass is 35.5. The number of benzene rings is 1. The van der Waals surface area contributed by atoms with Crippen LogP contribution < -0.4 is 21.4 Å². The van der Waals surface area contributed by atoms with Gasteiger partial charge in [0.2, 0.25) is 11.8 Å². The first-order valence-electron chi connectivity index (χ1n) is 11.5. The highest BCUT2D eigenvalue weighted by Crippen LogP contribution is 2.38. The Morgan fingerprint density at radius 3 is 2.53 bits per heavy atom. The van der Waals surface area contributed by atoms with Gasteiger partial charge in [-0.25, -0.2) is 14.7 Å². The van der Waals surface area contributed by atoms with E-state index in [2.05, 4.69) is 26.3 Å². The van der Waals surface area contributed by atoms with Gasteiger partial charge in [-0.2, -0.15) is 0 Å². The van der Waals surface area contributed by atoms with Gasteiger partial charge < -0.3 is 15.5 Å². The standard InChI is InChI=1S/C24H28Cl2FN5O5S/c1-23(2,3)15-10-12(19(38-15)30-22(36)29-14-7-6-13(27)17(25)18(14)26)20(34)32-9-8-28-21(35)24(32,4)11-16(33)31-37-5/h6-7,10H,8-9,11H2,1-5H3,(H,28,35)(H,31,33)(H2,29,30,36). The average molecular weight is 588 g/mol. The van der Waals surface area contributed by atoms with Gasteiger partial charge in [-0.05, 0) is 30.5 Å². The molecule has 1 fully saturated rings. The number of amides is 5. The molecule has 1 aromatic carbocycles. The molecule has 5 amide bonds. The second-order valence-corrected chi connectivity index (χ2v) is 11.6. The van der Waals surface area contributed by atoms with E-state index in [4.69, 9.17) is 23.2 Å². The molecule has 4 N–H and O–H groups in total. The predicted octanol–water partition coefficient (Wildman–Crippen LogP) is 4.53. The normalized spacial score (nSPS) is 17.6. The van der Waals surface area contributed by atoms with Gasteiger partial charge in [0, 0.05) is 18.0 Å². The monoisotopic (exact) mass is 587 g/mol. The van der Waals surface area contributed by atoms with Gasteiger partial charge in [0.25, 0.3) is 5.91 Å². The molecule has 1 aromatic heterocycles. The third-order valence-corrected chi connectivity index (χ3v) is 8.22. The van der Waals surface area contributed by atoms with E-state index >= 15 is 0 Å². The van der Waals surface area contributed by atoms with Gasteiger partial charge in [0.15, 0.2) is 0 Å². The number of rotatable bonds is 6. The lowest BCUT2D eigenvalue weighted by molar-refractivity contribution is -0.143. The summed E-state index contributed by atoms with van der Waals surface area (Å²) < 4.78 is 13.6. The summed E-state index contributed by atoms with van der Waals surface area (Å²) in [5, 5.41) is 7.55. The van der Waals surface area contributed by atoms with Crippen molar-refractivity contribution < 1.29 is 28.4 Å². The third-order valence-electron chi connectivity index (χ3n) is 5.88. The summed E-state index contributed by atoms with van der Waals surface area (Å²) in [5.74, 6) is -2.36. The van der Waals surface area contributed by atoms with E-state index in [0.29, 0.717) is 0 Å². The van der Waals surface area contributed by atoms with Crippen LogP contribution in [0.2, 0.25) is 10.0 Å². The molecule has 38 heavy (non-hydrogen) atoms. The van der Waals surface area contributed by atoms with Crippen LogP contribution in [-0.2, 0) is 19.8 Å². The summed E-state index contributed by atoms with van der Waals surface area (Å²) in [6, 6.07) is 3.23. The Morgan fingerprint density at radius 1 is 1.21 bits per heavy atom. The first-order valence-corrected chi connectivity index (χ1v) is 13.0. The Balaban J connectivity index is 1.96. The SMILES string of the molecule is CONC(=O)CC1(C)C(=O)NCCN1C(=O)c1cc(C(C)(C)C)sc1NC(=O)Nc1ccc(F)c(Cl)c1Cl. The number of carbonyl (C=O) groups excluding carboxylic acids is 4. The zero-order valence-electron chi connectivity index (χ0n) is 21.4. The second-order valence-electron chi connectivity index (χ2n) is 9.80. The van der Waals surface area contributed by atoms with Crippen molar-refractivity contribution in [1.82, 2.24) is 15.7 Å². The number of thiophene rings is 1. The van der Waals surface area contributed by atoms with Gasteiger partial charge in [-0.15, -0.1) is 11.3 Å². The Bertz CT molecular complexity index is 1280. The highest BCUT2D eigenvalue weighted by molar-refractivity contribution is 7.16. The minimum atomic E-state index is -1.51. The first kappa shape index (κ1) is 29.6. The molecule has 0 bridgehead atoms. The summed E-state index contributed by atoms with van der Waals surface area (Å²) in [5.41, 5.74) is 0.501. The fourth-order valence-corrected chi connectivity index (χ4v) is 5.31. The summed E-state index contributed by atoms with van der Waals surface area (Å²) >= 11 is 13.1. The highest BCUT2D eigenvalue weighted by Gasteiger charge is 2.47. The molecule has 0 spiro atoms. The van der Waals surface area contributed by atoms with Crippen molar-refractivity contribution in [1.29, 1.82) is 0 Å². The number of nitrogens with zero attached hydrogens (tertiary/aromatic N) is 1. The first-order chi connectivity index (χ1) is 17.7. The second kappa shape index (κ2) is 11.4. The van der Waals surface area contributed by atoms with E-state index in [9.17, 15) is 23.6 Å². The summed E-state index contributed by atoms with van der Waals surface area (Å²) in [4.78, 5) is 58.7. The van der Waals surface area contributed by atoms with Gasteiger partial charge in [-0.3, -0.25) is 24.5 Å². The fraction of sp³-hybridized carbons (Fsp3) is 0.417. The molecule has 10 nitrogen and oxygen atoms in total. The number of halogens is 3. The zero-order valence-corrected chi connectivity index (χ0v) is 23.7. The number of carbonyl (C=O) groups is 4. The molecule has 0 saturated carbocycles. The number of hydrogen-bond donors (Lipinski definition) is 4. The van der Waals surface area contributed by atoms with E-state index in [1.807, 2.05) is 20.8 Å². The number of hydrogen-bond acceptors (Lipinski definition) is 6. The van der Waals surface area contributed by atoms with Crippen LogP contribution in [0.4, 0.5) is 19.9 Å². The maximum atomic E-state index is 13.9. The Labute approximate surface area is 233 Å². The predicted molar refractivity (Wildman–Crippen MR) is 144 cm³/mol. The van der Waals surface area contributed by atoms with Crippen molar-refractivity contribution in [2.75, 3.05) is 30.8 Å². The Morgan fingerprint density at radius 2 is 1.89 bits per heavy atom. The van der Waals surface area contributed by atoms with Gasteiger partial charge >= 0.3 is 6.03 Å². The topological polar surface area (TPSA) is 129 Å². The molecule has 14 heteroatoms. The molecule has 1 unspecified atom stereocenters. The summed E-state index contributed by atoms with van der Waals surface area (Å²) in [6.07, 6.45) is -0.345. The quantitative estimate of drug-likeness (QED) is 0.291. The molecule has 1 atom stereocenters. The smallest absolute Gasteiger partial charge is 0.324 e. The Kier molecular flexibility index (Phi) is 8.92. The van der Waals surface area contributed by atoms with Crippen molar-refractivity contribution in [3.63, 3.8) is 0 Å². The van der Waals surface area contributed by atoms with E-state index in [-0.39, 0.29) is 51.2 Å². The van der Waals surface area contributed by atoms with Crippen LogP contribution in [0.3, 0.4) is 0 Å². The van der Waals surface area contributed by atoms with Gasteiger partial charge in [-0.1, -0.05) is 44.0 Å². The Hall–Kier alpha value is -2.93.